The van der Waals surface area contributed by atoms with E-state index in [1.54, 1.807) is 11.1 Å². The molecule has 1 atom stereocenters. The predicted molar refractivity (Wildman–Crippen MR) is 63.4 cm³/mol. The lowest BCUT2D eigenvalue weighted by atomic mass is 9.84. The molecule has 1 N–H and O–H groups in total. The maximum absolute atomic E-state index is 3.43. The Bertz CT molecular complexity index is 199. The van der Waals surface area contributed by atoms with Crippen LogP contribution in [0, 0.1) is 11.8 Å². The van der Waals surface area contributed by atoms with Crippen molar-refractivity contribution in [1.29, 1.82) is 0 Å². The second kappa shape index (κ2) is 5.55. The smallest absolute Gasteiger partial charge is 0.00432 e. The Balaban J connectivity index is 2.64. The first-order valence-corrected chi connectivity index (χ1v) is 6.04. The third kappa shape index (κ3) is 2.84. The van der Waals surface area contributed by atoms with Gasteiger partial charge < -0.3 is 5.32 Å². The molecule has 82 valence electrons. The van der Waals surface area contributed by atoms with Crippen LogP contribution in [0.5, 0.6) is 0 Å². The Morgan fingerprint density at radius 2 is 1.86 bits per heavy atom. The minimum absolute atomic E-state index is 0.768. The summed E-state index contributed by atoms with van der Waals surface area (Å²) in [6.45, 7) is 11.7. The molecule has 0 aromatic heterocycles. The van der Waals surface area contributed by atoms with Crippen LogP contribution in [0.3, 0.4) is 0 Å². The lowest BCUT2D eigenvalue weighted by Gasteiger charge is -2.26. The quantitative estimate of drug-likeness (QED) is 0.681. The van der Waals surface area contributed by atoms with E-state index in [2.05, 4.69) is 33.0 Å². The van der Waals surface area contributed by atoms with Crippen LogP contribution in [0.1, 0.15) is 47.0 Å². The Labute approximate surface area is 89.0 Å². The van der Waals surface area contributed by atoms with Gasteiger partial charge in [-0.1, -0.05) is 25.0 Å². The summed E-state index contributed by atoms with van der Waals surface area (Å²) in [5.74, 6) is 1.62. The third-order valence-electron chi connectivity index (χ3n) is 3.93. The topological polar surface area (TPSA) is 12.0 Å². The van der Waals surface area contributed by atoms with Crippen molar-refractivity contribution in [3.63, 3.8) is 0 Å². The molecule has 0 bridgehead atoms. The van der Waals surface area contributed by atoms with Gasteiger partial charge in [-0.25, -0.2) is 0 Å². The minimum atomic E-state index is 0.768. The molecular formula is C13H25N. The van der Waals surface area contributed by atoms with Gasteiger partial charge in [-0.2, -0.15) is 0 Å². The SMILES string of the molecule is CCC(C)/C(C)=C(\C)C1CCNCC1. The Morgan fingerprint density at radius 3 is 2.36 bits per heavy atom. The van der Waals surface area contributed by atoms with E-state index in [0.717, 1.165) is 11.8 Å². The van der Waals surface area contributed by atoms with Gasteiger partial charge in [0.15, 0.2) is 0 Å². The number of nitrogens with one attached hydrogen (secondary N) is 1. The Kier molecular flexibility index (Phi) is 4.67. The fraction of sp³-hybridized carbons (Fsp3) is 0.846. The molecule has 1 aliphatic rings. The lowest BCUT2D eigenvalue weighted by molar-refractivity contribution is 0.413. The molecule has 1 rings (SSSR count). The van der Waals surface area contributed by atoms with Crippen molar-refractivity contribution in [2.75, 3.05) is 13.1 Å². The van der Waals surface area contributed by atoms with Gasteiger partial charge in [0.25, 0.3) is 0 Å². The summed E-state index contributed by atoms with van der Waals surface area (Å²) in [6.07, 6.45) is 3.94. The standard InChI is InChI=1S/C13H25N/c1-5-10(2)11(3)12(4)13-6-8-14-9-7-13/h10,13-14H,5-9H2,1-4H3/b12-11+. The predicted octanol–water partition coefficient (Wildman–Crippen LogP) is 3.37. The van der Waals surface area contributed by atoms with Gasteiger partial charge in [0.1, 0.15) is 0 Å². The van der Waals surface area contributed by atoms with Crippen LogP contribution >= 0.6 is 0 Å². The number of allylic oxidation sites excluding steroid dienone is 2. The first kappa shape index (κ1) is 11.8. The van der Waals surface area contributed by atoms with Crippen LogP contribution in [0.2, 0.25) is 0 Å². The van der Waals surface area contributed by atoms with E-state index in [-0.39, 0.29) is 0 Å². The average molecular weight is 195 g/mol. The van der Waals surface area contributed by atoms with Gasteiger partial charge in [-0.05, 0) is 58.0 Å². The van der Waals surface area contributed by atoms with Crippen molar-refractivity contribution in [2.45, 2.75) is 47.0 Å². The summed E-state index contributed by atoms with van der Waals surface area (Å²) < 4.78 is 0. The van der Waals surface area contributed by atoms with Crippen LogP contribution in [-0.4, -0.2) is 13.1 Å². The van der Waals surface area contributed by atoms with E-state index >= 15 is 0 Å². The second-order valence-corrected chi connectivity index (χ2v) is 4.70. The van der Waals surface area contributed by atoms with Crippen LogP contribution in [0.4, 0.5) is 0 Å². The van der Waals surface area contributed by atoms with Crippen LogP contribution in [-0.2, 0) is 0 Å². The minimum Gasteiger partial charge on any atom is -0.317 e. The molecule has 0 aromatic carbocycles. The molecule has 14 heavy (non-hydrogen) atoms. The highest BCUT2D eigenvalue weighted by molar-refractivity contribution is 5.15. The van der Waals surface area contributed by atoms with E-state index < -0.39 is 0 Å². The molecule has 0 aliphatic carbocycles. The summed E-state index contributed by atoms with van der Waals surface area (Å²) in [4.78, 5) is 0. The van der Waals surface area contributed by atoms with E-state index in [0.29, 0.717) is 0 Å². The maximum atomic E-state index is 3.43. The molecule has 0 amide bonds. The van der Waals surface area contributed by atoms with Crippen molar-refractivity contribution in [1.82, 2.24) is 5.32 Å². The van der Waals surface area contributed by atoms with Crippen LogP contribution in [0.25, 0.3) is 0 Å². The number of hydrogen-bond donors (Lipinski definition) is 1. The van der Waals surface area contributed by atoms with Gasteiger partial charge in [-0.15, -0.1) is 0 Å². The summed E-state index contributed by atoms with van der Waals surface area (Å²) in [6, 6.07) is 0. The fourth-order valence-corrected chi connectivity index (χ4v) is 2.27. The maximum Gasteiger partial charge on any atom is -0.00432 e. The average Bonchev–Trinajstić information content (AvgIpc) is 2.27. The third-order valence-corrected chi connectivity index (χ3v) is 3.93. The highest BCUT2D eigenvalue weighted by atomic mass is 14.9. The molecule has 1 fully saturated rings. The Morgan fingerprint density at radius 1 is 1.29 bits per heavy atom. The number of hydrogen-bond acceptors (Lipinski definition) is 1. The molecule has 0 aromatic rings. The largest absolute Gasteiger partial charge is 0.317 e. The molecule has 0 saturated carbocycles. The highest BCUT2D eigenvalue weighted by Crippen LogP contribution is 2.27. The lowest BCUT2D eigenvalue weighted by Crippen LogP contribution is -2.28. The highest BCUT2D eigenvalue weighted by Gasteiger charge is 2.17. The van der Waals surface area contributed by atoms with Gasteiger partial charge in [0, 0.05) is 0 Å². The first-order valence-electron chi connectivity index (χ1n) is 6.04. The van der Waals surface area contributed by atoms with Crippen molar-refractivity contribution in [3.05, 3.63) is 11.1 Å². The molecule has 1 heterocycles. The molecule has 1 unspecified atom stereocenters. The molecule has 0 spiro atoms. The fourth-order valence-electron chi connectivity index (χ4n) is 2.27. The molecule has 1 aliphatic heterocycles. The second-order valence-electron chi connectivity index (χ2n) is 4.70. The monoisotopic (exact) mass is 195 g/mol. The van der Waals surface area contributed by atoms with E-state index in [1.807, 2.05) is 0 Å². The van der Waals surface area contributed by atoms with Gasteiger partial charge in [0.2, 0.25) is 0 Å². The zero-order chi connectivity index (χ0) is 10.6. The molecule has 1 saturated heterocycles. The molecule has 1 heteroatoms. The normalized spacial score (nSPS) is 23.1. The van der Waals surface area contributed by atoms with E-state index in [4.69, 9.17) is 0 Å². The van der Waals surface area contributed by atoms with E-state index in [9.17, 15) is 0 Å². The van der Waals surface area contributed by atoms with Gasteiger partial charge in [0.05, 0.1) is 0 Å². The summed E-state index contributed by atoms with van der Waals surface area (Å²) >= 11 is 0. The van der Waals surface area contributed by atoms with Crippen molar-refractivity contribution in [3.8, 4) is 0 Å². The van der Waals surface area contributed by atoms with E-state index in [1.165, 1.54) is 32.4 Å². The summed E-state index contributed by atoms with van der Waals surface area (Å²) in [5.41, 5.74) is 3.31. The van der Waals surface area contributed by atoms with Crippen LogP contribution < -0.4 is 5.32 Å². The first-order chi connectivity index (χ1) is 6.66. The van der Waals surface area contributed by atoms with Crippen LogP contribution in [0.15, 0.2) is 11.1 Å². The number of piperidine rings is 1. The zero-order valence-corrected chi connectivity index (χ0v) is 10.2. The molecule has 1 nitrogen and oxygen atoms in total. The van der Waals surface area contributed by atoms with Gasteiger partial charge in [-0.3, -0.25) is 0 Å². The van der Waals surface area contributed by atoms with Gasteiger partial charge >= 0.3 is 0 Å². The molecule has 0 radical (unpaired) electrons. The summed E-state index contributed by atoms with van der Waals surface area (Å²) in [5, 5.41) is 3.43. The van der Waals surface area contributed by atoms with Crippen molar-refractivity contribution in [2.24, 2.45) is 11.8 Å². The zero-order valence-electron chi connectivity index (χ0n) is 10.2. The van der Waals surface area contributed by atoms with Crippen molar-refractivity contribution < 1.29 is 0 Å². The molecular weight excluding hydrogens is 170 g/mol. The Hall–Kier alpha value is -0.300. The number of rotatable bonds is 3. The summed E-state index contributed by atoms with van der Waals surface area (Å²) in [7, 11) is 0. The van der Waals surface area contributed by atoms with Crippen molar-refractivity contribution >= 4 is 0 Å².